The lowest BCUT2D eigenvalue weighted by Crippen LogP contribution is -2.39. The van der Waals surface area contributed by atoms with E-state index in [0.717, 1.165) is 5.56 Å². The minimum absolute atomic E-state index is 0.0213. The molecule has 0 bridgehead atoms. The van der Waals surface area contributed by atoms with Gasteiger partial charge in [0.1, 0.15) is 18.4 Å². The van der Waals surface area contributed by atoms with E-state index in [9.17, 15) is 19.7 Å². The molecule has 0 unspecified atom stereocenters. The molecule has 0 aliphatic carbocycles. The fourth-order valence-electron chi connectivity index (χ4n) is 3.07. The van der Waals surface area contributed by atoms with Crippen LogP contribution in [0.15, 0.2) is 48.5 Å². The van der Waals surface area contributed by atoms with Crippen molar-refractivity contribution in [2.75, 3.05) is 7.11 Å². The number of methoxy groups -OCH3 is 1. The molecule has 1 heterocycles. The lowest BCUT2D eigenvalue weighted by molar-refractivity contribution is -0.384. The molecule has 8 nitrogen and oxygen atoms in total. The van der Waals surface area contributed by atoms with Crippen molar-refractivity contribution in [3.8, 4) is 5.75 Å². The summed E-state index contributed by atoms with van der Waals surface area (Å²) in [6.07, 6.45) is 0.669. The van der Waals surface area contributed by atoms with Crippen molar-refractivity contribution in [1.82, 2.24) is 4.90 Å². The predicted octanol–water partition coefficient (Wildman–Crippen LogP) is 2.84. The molecule has 0 radical (unpaired) electrons. The van der Waals surface area contributed by atoms with E-state index in [1.165, 1.54) is 17.0 Å². The first-order chi connectivity index (χ1) is 13.5. The lowest BCUT2D eigenvalue weighted by Gasteiger charge is -2.23. The summed E-state index contributed by atoms with van der Waals surface area (Å²) in [4.78, 5) is 36.4. The Labute approximate surface area is 161 Å². The Morgan fingerprint density at radius 2 is 1.79 bits per heavy atom. The maximum Gasteiger partial charge on any atom is 0.329 e. The van der Waals surface area contributed by atoms with Crippen molar-refractivity contribution in [3.63, 3.8) is 0 Å². The summed E-state index contributed by atoms with van der Waals surface area (Å²) in [7, 11) is 1.58. The Bertz CT molecular complexity index is 863. The fraction of sp³-hybridized carbons (Fsp3) is 0.300. The zero-order chi connectivity index (χ0) is 20.1. The Morgan fingerprint density at radius 3 is 2.39 bits per heavy atom. The van der Waals surface area contributed by atoms with Crippen molar-refractivity contribution in [2.24, 2.45) is 0 Å². The van der Waals surface area contributed by atoms with Crippen molar-refractivity contribution >= 4 is 17.6 Å². The van der Waals surface area contributed by atoms with Gasteiger partial charge in [-0.2, -0.15) is 0 Å². The molecular formula is C20H20N2O6. The van der Waals surface area contributed by atoms with Crippen LogP contribution in [0.2, 0.25) is 0 Å². The number of hydrogen-bond acceptors (Lipinski definition) is 6. The third kappa shape index (κ3) is 4.46. The van der Waals surface area contributed by atoms with E-state index < -0.39 is 16.9 Å². The van der Waals surface area contributed by atoms with Crippen LogP contribution >= 0.6 is 0 Å². The molecule has 28 heavy (non-hydrogen) atoms. The largest absolute Gasteiger partial charge is 0.497 e. The van der Waals surface area contributed by atoms with Crippen molar-refractivity contribution in [1.29, 1.82) is 0 Å². The van der Waals surface area contributed by atoms with Crippen LogP contribution in [0.4, 0.5) is 5.69 Å². The number of rotatable bonds is 7. The van der Waals surface area contributed by atoms with Crippen LogP contribution in [0.25, 0.3) is 0 Å². The highest BCUT2D eigenvalue weighted by molar-refractivity contribution is 5.88. The summed E-state index contributed by atoms with van der Waals surface area (Å²) in [5.41, 5.74) is 1.51. The molecule has 1 aliphatic rings. The third-order valence-electron chi connectivity index (χ3n) is 4.64. The first kappa shape index (κ1) is 19.3. The van der Waals surface area contributed by atoms with Crippen LogP contribution in [0, 0.1) is 10.1 Å². The van der Waals surface area contributed by atoms with Gasteiger partial charge in [0.15, 0.2) is 0 Å². The standard InChI is InChI=1S/C20H20N2O6/c1-27-17-8-4-15(5-9-17)13-28-20(24)18-10-11-19(23)21(18)12-14-2-6-16(7-3-14)22(25)26/h2-9,18H,10-13H2,1H3/t18-/m0/s1. The van der Waals surface area contributed by atoms with Crippen LogP contribution in [-0.4, -0.2) is 34.9 Å². The van der Waals surface area contributed by atoms with E-state index in [1.54, 1.807) is 43.5 Å². The number of esters is 1. The van der Waals surface area contributed by atoms with Gasteiger partial charge in [-0.05, 0) is 29.7 Å². The van der Waals surface area contributed by atoms with E-state index in [4.69, 9.17) is 9.47 Å². The Balaban J connectivity index is 1.61. The van der Waals surface area contributed by atoms with E-state index in [0.29, 0.717) is 17.7 Å². The number of nitro groups is 1. The Morgan fingerprint density at radius 1 is 1.14 bits per heavy atom. The maximum absolute atomic E-state index is 12.5. The normalized spacial score (nSPS) is 16.1. The second-order valence-electron chi connectivity index (χ2n) is 6.46. The highest BCUT2D eigenvalue weighted by Crippen LogP contribution is 2.24. The molecule has 8 heteroatoms. The molecule has 2 aromatic carbocycles. The highest BCUT2D eigenvalue weighted by atomic mass is 16.6. The summed E-state index contributed by atoms with van der Waals surface area (Å²) >= 11 is 0. The lowest BCUT2D eigenvalue weighted by atomic mass is 10.1. The fourth-order valence-corrected chi connectivity index (χ4v) is 3.07. The van der Waals surface area contributed by atoms with E-state index in [-0.39, 0.29) is 31.2 Å². The average molecular weight is 384 g/mol. The molecule has 146 valence electrons. The number of carbonyl (C=O) groups is 2. The second kappa shape index (κ2) is 8.51. The highest BCUT2D eigenvalue weighted by Gasteiger charge is 2.37. The van der Waals surface area contributed by atoms with Crippen LogP contribution in [-0.2, 0) is 27.5 Å². The topological polar surface area (TPSA) is 99.0 Å². The molecule has 0 saturated carbocycles. The number of non-ortho nitro benzene ring substituents is 1. The predicted molar refractivity (Wildman–Crippen MR) is 99.5 cm³/mol. The quantitative estimate of drug-likeness (QED) is 0.413. The van der Waals surface area contributed by atoms with Crippen molar-refractivity contribution < 1.29 is 24.0 Å². The first-order valence-corrected chi connectivity index (χ1v) is 8.80. The minimum atomic E-state index is -0.652. The van der Waals surface area contributed by atoms with Crippen LogP contribution in [0.5, 0.6) is 5.75 Å². The SMILES string of the molecule is COc1ccc(COC(=O)[C@@H]2CCC(=O)N2Cc2ccc([N+](=O)[O-])cc2)cc1. The molecule has 2 aromatic rings. The summed E-state index contributed by atoms with van der Waals surface area (Å²) in [6.45, 7) is 0.317. The Kier molecular flexibility index (Phi) is 5.88. The number of benzene rings is 2. The number of ether oxygens (including phenoxy) is 2. The smallest absolute Gasteiger partial charge is 0.329 e. The number of nitrogens with zero attached hydrogens (tertiary/aromatic N) is 2. The van der Waals surface area contributed by atoms with Crippen LogP contribution < -0.4 is 4.74 Å². The van der Waals surface area contributed by atoms with Gasteiger partial charge in [0.05, 0.1) is 12.0 Å². The number of amides is 1. The second-order valence-corrected chi connectivity index (χ2v) is 6.46. The van der Waals surface area contributed by atoms with Gasteiger partial charge >= 0.3 is 5.97 Å². The van der Waals surface area contributed by atoms with Crippen LogP contribution in [0.3, 0.4) is 0 Å². The van der Waals surface area contributed by atoms with E-state index in [1.807, 2.05) is 0 Å². The Hall–Kier alpha value is -3.42. The molecule has 3 rings (SSSR count). The van der Waals surface area contributed by atoms with Gasteiger partial charge in [0.25, 0.3) is 5.69 Å². The van der Waals surface area contributed by atoms with Gasteiger partial charge in [-0.15, -0.1) is 0 Å². The number of nitro benzene ring substituents is 1. The summed E-state index contributed by atoms with van der Waals surface area (Å²) in [5, 5.41) is 10.7. The third-order valence-corrected chi connectivity index (χ3v) is 4.64. The maximum atomic E-state index is 12.5. The zero-order valence-corrected chi connectivity index (χ0v) is 15.4. The number of hydrogen-bond donors (Lipinski definition) is 0. The number of carbonyl (C=O) groups excluding carboxylic acids is 2. The molecule has 1 fully saturated rings. The molecule has 0 N–H and O–H groups in total. The molecule has 1 atom stereocenters. The molecule has 1 amide bonds. The van der Waals surface area contributed by atoms with Gasteiger partial charge in [-0.25, -0.2) is 4.79 Å². The van der Waals surface area contributed by atoms with Gasteiger partial charge in [-0.3, -0.25) is 14.9 Å². The van der Waals surface area contributed by atoms with Gasteiger partial charge in [0.2, 0.25) is 5.91 Å². The van der Waals surface area contributed by atoms with E-state index >= 15 is 0 Å². The van der Waals surface area contributed by atoms with Crippen molar-refractivity contribution in [2.45, 2.75) is 32.0 Å². The average Bonchev–Trinajstić information content (AvgIpc) is 3.07. The van der Waals surface area contributed by atoms with Gasteiger partial charge < -0.3 is 14.4 Å². The van der Waals surface area contributed by atoms with E-state index in [2.05, 4.69) is 0 Å². The molecule has 0 spiro atoms. The molecule has 1 aliphatic heterocycles. The van der Waals surface area contributed by atoms with Crippen LogP contribution in [0.1, 0.15) is 24.0 Å². The molecule has 1 saturated heterocycles. The monoisotopic (exact) mass is 384 g/mol. The molecular weight excluding hydrogens is 364 g/mol. The first-order valence-electron chi connectivity index (χ1n) is 8.80. The molecule has 0 aromatic heterocycles. The summed E-state index contributed by atoms with van der Waals surface area (Å²) in [6, 6.07) is 12.5. The van der Waals surface area contributed by atoms with Crippen molar-refractivity contribution in [3.05, 3.63) is 69.8 Å². The minimum Gasteiger partial charge on any atom is -0.497 e. The summed E-state index contributed by atoms with van der Waals surface area (Å²) < 4.78 is 10.5. The van der Waals surface area contributed by atoms with Gasteiger partial charge in [-0.1, -0.05) is 24.3 Å². The number of likely N-dealkylation sites (tertiary alicyclic amines) is 1. The summed E-state index contributed by atoms with van der Waals surface area (Å²) in [5.74, 6) is 0.124. The zero-order valence-electron chi connectivity index (χ0n) is 15.4. The van der Waals surface area contributed by atoms with Gasteiger partial charge in [0, 0.05) is 25.1 Å².